The second kappa shape index (κ2) is 14.2. The van der Waals surface area contributed by atoms with Crippen molar-refractivity contribution in [3.63, 3.8) is 0 Å². The lowest BCUT2D eigenvalue weighted by molar-refractivity contribution is -0.124. The fraction of sp³-hybridized carbons (Fsp3) is 0.333. The Morgan fingerprint density at radius 1 is 1.15 bits per heavy atom. The van der Waals surface area contributed by atoms with E-state index in [9.17, 15) is 9.59 Å². The molecule has 0 aromatic heterocycles. The number of aliphatic hydroxyl groups is 1. The van der Waals surface area contributed by atoms with Crippen molar-refractivity contribution in [1.29, 1.82) is 0 Å². The van der Waals surface area contributed by atoms with Crippen LogP contribution >= 0.6 is 11.8 Å². The minimum Gasteiger partial charge on any atom is -0.491 e. The van der Waals surface area contributed by atoms with Crippen LogP contribution in [0.4, 0.5) is 10.5 Å². The molecule has 0 heterocycles. The van der Waals surface area contributed by atoms with Gasteiger partial charge in [-0.1, -0.05) is 31.2 Å². The van der Waals surface area contributed by atoms with Crippen LogP contribution in [0, 0.1) is 5.92 Å². The highest BCUT2D eigenvalue weighted by atomic mass is 32.2. The zero-order valence-corrected chi connectivity index (χ0v) is 19.5. The first kappa shape index (κ1) is 26.2. The lowest BCUT2D eigenvalue weighted by atomic mass is 9.92. The van der Waals surface area contributed by atoms with Gasteiger partial charge in [-0.25, -0.2) is 10.3 Å². The molecule has 9 heteroatoms. The van der Waals surface area contributed by atoms with E-state index >= 15 is 0 Å². The second-order valence-corrected chi connectivity index (χ2v) is 8.10. The van der Waals surface area contributed by atoms with Crippen molar-refractivity contribution >= 4 is 29.4 Å². The number of anilines is 1. The molecule has 2 atom stereocenters. The van der Waals surface area contributed by atoms with Crippen molar-refractivity contribution in [2.24, 2.45) is 5.92 Å². The van der Waals surface area contributed by atoms with E-state index in [2.05, 4.69) is 5.32 Å². The Kier molecular flexibility index (Phi) is 11.3. The molecule has 2 aromatic rings. The molecule has 4 N–H and O–H groups in total. The van der Waals surface area contributed by atoms with Gasteiger partial charge < -0.3 is 14.6 Å². The molecular weight excluding hydrogens is 444 g/mol. The molecule has 0 unspecified atom stereocenters. The van der Waals surface area contributed by atoms with Gasteiger partial charge in [-0.3, -0.25) is 15.3 Å². The van der Waals surface area contributed by atoms with Crippen LogP contribution in [0.3, 0.4) is 0 Å². The van der Waals surface area contributed by atoms with Crippen LogP contribution in [0.5, 0.6) is 5.75 Å². The van der Waals surface area contributed by atoms with Crippen LogP contribution in [-0.2, 0) is 9.53 Å². The monoisotopic (exact) mass is 474 g/mol. The van der Waals surface area contributed by atoms with E-state index in [0.717, 1.165) is 4.90 Å². The van der Waals surface area contributed by atoms with Crippen LogP contribution in [0.25, 0.3) is 0 Å². The number of hydrogen-bond acceptors (Lipinski definition) is 7. The number of hydroxylamine groups is 1. The first-order valence-electron chi connectivity index (χ1n) is 10.5. The summed E-state index contributed by atoms with van der Waals surface area (Å²) in [5, 5.41) is 20.5. The topological polar surface area (TPSA) is 117 Å². The maximum absolute atomic E-state index is 12.7. The number of allylic oxidation sites excluding steroid dienone is 1. The van der Waals surface area contributed by atoms with Gasteiger partial charge in [0.1, 0.15) is 18.5 Å². The fourth-order valence-corrected chi connectivity index (χ4v) is 3.57. The van der Waals surface area contributed by atoms with Crippen LogP contribution in [0.1, 0.15) is 31.4 Å². The molecular formula is C24H30N2O6S. The molecule has 0 fully saturated rings. The molecule has 0 saturated heterocycles. The summed E-state index contributed by atoms with van der Waals surface area (Å²) < 4.78 is 11.5. The van der Waals surface area contributed by atoms with Gasteiger partial charge in [0.15, 0.2) is 0 Å². The van der Waals surface area contributed by atoms with Gasteiger partial charge in [0, 0.05) is 22.2 Å². The predicted molar refractivity (Wildman–Crippen MR) is 128 cm³/mol. The Labute approximate surface area is 197 Å². The van der Waals surface area contributed by atoms with E-state index in [-0.39, 0.29) is 19.1 Å². The fourth-order valence-electron chi connectivity index (χ4n) is 3.16. The average Bonchev–Trinajstić information content (AvgIpc) is 2.84. The molecule has 0 aliphatic carbocycles. The molecule has 0 saturated carbocycles. The molecule has 2 rings (SSSR count). The Bertz CT molecular complexity index is 919. The third kappa shape index (κ3) is 8.80. The molecule has 2 amide bonds. The largest absolute Gasteiger partial charge is 0.491 e. The lowest BCUT2D eigenvalue weighted by Gasteiger charge is -2.26. The first-order valence-corrected chi connectivity index (χ1v) is 11.8. The number of aliphatic hydroxyl groups excluding tert-OH is 1. The van der Waals surface area contributed by atoms with Gasteiger partial charge in [-0.05, 0) is 55.3 Å². The zero-order chi connectivity index (χ0) is 24.1. The average molecular weight is 475 g/mol. The van der Waals surface area contributed by atoms with Crippen molar-refractivity contribution < 1.29 is 29.4 Å². The van der Waals surface area contributed by atoms with Crippen molar-refractivity contribution in [3.8, 4) is 5.75 Å². The summed E-state index contributed by atoms with van der Waals surface area (Å²) in [6.07, 6.45) is 4.76. The number of nitrogens with one attached hydrogen (secondary N) is 2. The second-order valence-electron chi connectivity index (χ2n) is 7.22. The third-order valence-corrected chi connectivity index (χ3v) is 5.57. The van der Waals surface area contributed by atoms with Crippen molar-refractivity contribution in [2.75, 3.05) is 24.8 Å². The Morgan fingerprint density at radius 2 is 1.88 bits per heavy atom. The minimum absolute atomic E-state index is 0.116. The van der Waals surface area contributed by atoms with Gasteiger partial charge in [-0.15, -0.1) is 11.8 Å². The minimum atomic E-state index is -0.634. The van der Waals surface area contributed by atoms with Gasteiger partial charge in [-0.2, -0.15) is 0 Å². The molecule has 0 aliphatic rings. The van der Waals surface area contributed by atoms with E-state index in [1.54, 1.807) is 41.5 Å². The highest BCUT2D eigenvalue weighted by molar-refractivity contribution is 7.98. The number of ether oxygens (including phenoxy) is 2. The summed E-state index contributed by atoms with van der Waals surface area (Å²) >= 11 is 1.61. The van der Waals surface area contributed by atoms with Gasteiger partial charge in [0.05, 0.1) is 6.61 Å². The number of amides is 2. The molecule has 0 bridgehead atoms. The maximum atomic E-state index is 12.7. The smallest absolute Gasteiger partial charge is 0.412 e. The first-order chi connectivity index (χ1) is 16.0. The van der Waals surface area contributed by atoms with E-state index in [4.69, 9.17) is 19.8 Å². The standard InChI is InChI=1S/C24H30N2O6S/c1-17(7-3-6-10-22(28)26-30)23(20-8-4-5-9-21(20)31-16-15-27)32-24(29)25-18-11-13-19(33-2)14-12-18/h4-6,8-14,17,23,27,30H,3,7,15-16H2,1-2H3,(H,25,29)(H,26,28)/b10-6+/t17-,23+/m1/s1. The maximum Gasteiger partial charge on any atom is 0.412 e. The highest BCUT2D eigenvalue weighted by Gasteiger charge is 2.26. The number of hydrogen-bond donors (Lipinski definition) is 4. The van der Waals surface area contributed by atoms with Crippen LogP contribution in [-0.4, -0.2) is 41.8 Å². The number of para-hydroxylation sites is 1. The molecule has 178 valence electrons. The van der Waals surface area contributed by atoms with Crippen molar-refractivity contribution in [2.45, 2.75) is 30.8 Å². The third-order valence-electron chi connectivity index (χ3n) is 4.83. The highest BCUT2D eigenvalue weighted by Crippen LogP contribution is 2.35. The quantitative estimate of drug-likeness (QED) is 0.154. The van der Waals surface area contributed by atoms with E-state index in [1.807, 2.05) is 43.5 Å². The van der Waals surface area contributed by atoms with Crippen LogP contribution in [0.2, 0.25) is 0 Å². The molecule has 0 spiro atoms. The summed E-state index contributed by atoms with van der Waals surface area (Å²) in [5.74, 6) is -0.212. The summed E-state index contributed by atoms with van der Waals surface area (Å²) in [5.41, 5.74) is 2.84. The summed E-state index contributed by atoms with van der Waals surface area (Å²) in [7, 11) is 0. The Hall–Kier alpha value is -3.01. The van der Waals surface area contributed by atoms with Crippen LogP contribution in [0.15, 0.2) is 65.6 Å². The molecule has 2 aromatic carbocycles. The number of carbonyl (C=O) groups is 2. The number of carbonyl (C=O) groups excluding carboxylic acids is 2. The molecule has 8 nitrogen and oxygen atoms in total. The van der Waals surface area contributed by atoms with Gasteiger partial charge >= 0.3 is 6.09 Å². The number of benzene rings is 2. The number of thioether (sulfide) groups is 1. The Balaban J connectivity index is 2.18. The normalized spacial score (nSPS) is 12.7. The van der Waals surface area contributed by atoms with Crippen molar-refractivity contribution in [1.82, 2.24) is 5.48 Å². The molecule has 33 heavy (non-hydrogen) atoms. The summed E-state index contributed by atoms with van der Waals surface area (Å²) in [4.78, 5) is 25.0. The predicted octanol–water partition coefficient (Wildman–Crippen LogP) is 4.55. The molecule has 0 aliphatic heterocycles. The van der Waals surface area contributed by atoms with E-state index < -0.39 is 18.1 Å². The lowest BCUT2D eigenvalue weighted by Crippen LogP contribution is -2.22. The van der Waals surface area contributed by atoms with E-state index in [0.29, 0.717) is 29.8 Å². The summed E-state index contributed by atoms with van der Waals surface area (Å²) in [6.45, 7) is 1.92. The number of rotatable bonds is 12. The SMILES string of the molecule is CSc1ccc(NC(=O)O[C@H](c2ccccc2OCCO)[C@H](C)CC/C=C/C(=O)NO)cc1. The van der Waals surface area contributed by atoms with Gasteiger partial charge in [0.2, 0.25) is 0 Å². The Morgan fingerprint density at radius 3 is 2.55 bits per heavy atom. The summed E-state index contributed by atoms with van der Waals surface area (Å²) in [6, 6.07) is 14.7. The van der Waals surface area contributed by atoms with Crippen molar-refractivity contribution in [3.05, 3.63) is 66.2 Å². The van der Waals surface area contributed by atoms with Crippen LogP contribution < -0.4 is 15.5 Å². The van der Waals surface area contributed by atoms with Gasteiger partial charge in [0.25, 0.3) is 5.91 Å². The zero-order valence-electron chi connectivity index (χ0n) is 18.7. The van der Waals surface area contributed by atoms with E-state index in [1.165, 1.54) is 6.08 Å². The molecule has 0 radical (unpaired) electrons.